The van der Waals surface area contributed by atoms with E-state index in [1.807, 2.05) is 0 Å². The summed E-state index contributed by atoms with van der Waals surface area (Å²) in [5.41, 5.74) is 0. The molecule has 0 saturated carbocycles. The highest BCUT2D eigenvalue weighted by Gasteiger charge is 2.13. The van der Waals surface area contributed by atoms with Gasteiger partial charge in [0.05, 0.1) is 13.2 Å². The zero-order valence-electron chi connectivity index (χ0n) is 26.4. The van der Waals surface area contributed by atoms with E-state index in [2.05, 4.69) is 26.0 Å². The molecule has 0 aliphatic rings. The Hall–Kier alpha value is -0.870. The van der Waals surface area contributed by atoms with Gasteiger partial charge in [-0.1, -0.05) is 148 Å². The van der Waals surface area contributed by atoms with Crippen LogP contribution >= 0.6 is 0 Å². The third-order valence-corrected chi connectivity index (χ3v) is 7.59. The van der Waals surface area contributed by atoms with Crippen molar-refractivity contribution in [3.8, 4) is 0 Å². The third-order valence-electron chi connectivity index (χ3n) is 7.59. The topological polar surface area (TPSA) is 55.8 Å². The van der Waals surface area contributed by atoms with Gasteiger partial charge in [0.1, 0.15) is 6.10 Å². The maximum absolute atomic E-state index is 12.1. The Bertz CT molecular complexity index is 505. The lowest BCUT2D eigenvalue weighted by Gasteiger charge is -2.15. The number of ether oxygens (including phenoxy) is 2. The van der Waals surface area contributed by atoms with Crippen molar-refractivity contribution in [2.75, 3.05) is 19.8 Å². The molecule has 0 amide bonds. The van der Waals surface area contributed by atoms with Gasteiger partial charge in [-0.2, -0.15) is 0 Å². The molecule has 1 unspecified atom stereocenters. The second-order valence-corrected chi connectivity index (χ2v) is 11.6. The number of hydrogen-bond acceptors (Lipinski definition) is 4. The largest absolute Gasteiger partial charge is 0.457 e. The van der Waals surface area contributed by atoms with E-state index in [0.717, 1.165) is 19.3 Å². The van der Waals surface area contributed by atoms with Crippen molar-refractivity contribution >= 4 is 5.97 Å². The van der Waals surface area contributed by atoms with E-state index >= 15 is 0 Å². The van der Waals surface area contributed by atoms with Crippen LogP contribution < -0.4 is 0 Å². The van der Waals surface area contributed by atoms with Gasteiger partial charge in [0.2, 0.25) is 0 Å². The molecule has 4 heteroatoms. The van der Waals surface area contributed by atoms with Crippen molar-refractivity contribution in [3.63, 3.8) is 0 Å². The zero-order valence-corrected chi connectivity index (χ0v) is 26.4. The monoisotopic (exact) mass is 553 g/mol. The van der Waals surface area contributed by atoms with Gasteiger partial charge in [-0.05, 0) is 38.5 Å². The van der Waals surface area contributed by atoms with Crippen LogP contribution in [0.3, 0.4) is 0 Å². The van der Waals surface area contributed by atoms with Crippen molar-refractivity contribution < 1.29 is 19.4 Å². The Kier molecular flexibility index (Phi) is 32.6. The number of esters is 1. The first kappa shape index (κ1) is 38.1. The summed E-state index contributed by atoms with van der Waals surface area (Å²) in [6, 6.07) is 0. The molecule has 0 saturated heterocycles. The van der Waals surface area contributed by atoms with Crippen LogP contribution in [0.15, 0.2) is 12.2 Å². The van der Waals surface area contributed by atoms with Crippen LogP contribution in [0, 0.1) is 0 Å². The lowest BCUT2D eigenvalue weighted by atomic mass is 10.0. The van der Waals surface area contributed by atoms with Crippen LogP contribution in [-0.4, -0.2) is 37.0 Å². The number of rotatable bonds is 32. The summed E-state index contributed by atoms with van der Waals surface area (Å²) in [4.78, 5) is 12.1. The molecule has 0 aromatic rings. The number of hydrogen-bond donors (Lipinski definition) is 1. The summed E-state index contributed by atoms with van der Waals surface area (Å²) >= 11 is 0. The molecule has 0 aliphatic heterocycles. The highest BCUT2D eigenvalue weighted by atomic mass is 16.6. The molecule has 0 heterocycles. The van der Waals surface area contributed by atoms with E-state index in [4.69, 9.17) is 9.47 Å². The van der Waals surface area contributed by atoms with E-state index in [9.17, 15) is 9.90 Å². The Balaban J connectivity index is 3.43. The molecule has 4 nitrogen and oxygen atoms in total. The van der Waals surface area contributed by atoms with E-state index < -0.39 is 6.10 Å². The zero-order chi connectivity index (χ0) is 28.5. The minimum atomic E-state index is -0.529. The summed E-state index contributed by atoms with van der Waals surface area (Å²) in [5.74, 6) is -0.202. The predicted octanol–water partition coefficient (Wildman–Crippen LogP) is 10.6. The highest BCUT2D eigenvalue weighted by molar-refractivity contribution is 5.69. The van der Waals surface area contributed by atoms with E-state index in [1.54, 1.807) is 0 Å². The summed E-state index contributed by atoms with van der Waals surface area (Å²) < 4.78 is 11.1. The van der Waals surface area contributed by atoms with Gasteiger partial charge in [0.15, 0.2) is 0 Å². The van der Waals surface area contributed by atoms with Gasteiger partial charge in [-0.15, -0.1) is 0 Å². The molecule has 1 N–H and O–H groups in total. The fraction of sp³-hybridized carbons (Fsp3) is 0.914. The second kappa shape index (κ2) is 33.3. The number of allylic oxidation sites excluding steroid dienone is 2. The quantitative estimate of drug-likeness (QED) is 0.0512. The fourth-order valence-corrected chi connectivity index (χ4v) is 4.97. The van der Waals surface area contributed by atoms with Gasteiger partial charge in [-0.25, -0.2) is 0 Å². The molecular weight excluding hydrogens is 484 g/mol. The van der Waals surface area contributed by atoms with Crippen LogP contribution in [0.25, 0.3) is 0 Å². The SMILES string of the molecule is CCCCCC/C=C\CCCCCCCCOCC(CO)OC(=O)CCCCCCCCCCCCCCC. The molecule has 232 valence electrons. The van der Waals surface area contributed by atoms with E-state index in [-0.39, 0.29) is 12.6 Å². The number of carbonyl (C=O) groups excluding carboxylic acids is 1. The third kappa shape index (κ3) is 31.5. The molecule has 1 atom stereocenters. The molecule has 0 bridgehead atoms. The van der Waals surface area contributed by atoms with Gasteiger partial charge in [0, 0.05) is 13.0 Å². The maximum Gasteiger partial charge on any atom is 0.306 e. The number of aliphatic hydroxyl groups is 1. The van der Waals surface area contributed by atoms with Crippen LogP contribution in [0.4, 0.5) is 0 Å². The molecule has 0 aromatic heterocycles. The van der Waals surface area contributed by atoms with Gasteiger partial charge in [-0.3, -0.25) is 4.79 Å². The minimum absolute atomic E-state index is 0.169. The summed E-state index contributed by atoms with van der Waals surface area (Å²) in [6.07, 6.45) is 36.7. The van der Waals surface area contributed by atoms with Gasteiger partial charge >= 0.3 is 5.97 Å². The van der Waals surface area contributed by atoms with Crippen molar-refractivity contribution in [2.24, 2.45) is 0 Å². The molecule has 0 radical (unpaired) electrons. The second-order valence-electron chi connectivity index (χ2n) is 11.6. The minimum Gasteiger partial charge on any atom is -0.457 e. The Morgan fingerprint density at radius 2 is 1.00 bits per heavy atom. The van der Waals surface area contributed by atoms with Crippen LogP contribution in [0.2, 0.25) is 0 Å². The van der Waals surface area contributed by atoms with Crippen LogP contribution in [-0.2, 0) is 14.3 Å². The first-order valence-electron chi connectivity index (χ1n) is 17.3. The molecule has 0 spiro atoms. The standard InChI is InChI=1S/C35H68O4/c1-3-5-7-9-11-13-15-17-19-21-23-25-27-29-31-38-33-34(32-36)39-35(37)30-28-26-24-22-20-18-16-14-12-10-8-6-4-2/h13,15,34,36H,3-12,14,16-33H2,1-2H3/b15-13-. The van der Waals surface area contributed by atoms with Gasteiger partial charge in [0.25, 0.3) is 0 Å². The first-order chi connectivity index (χ1) is 19.2. The molecule has 0 rings (SSSR count). The summed E-state index contributed by atoms with van der Waals surface area (Å²) in [7, 11) is 0. The average molecular weight is 553 g/mol. The molecule has 0 fully saturated rings. The van der Waals surface area contributed by atoms with Crippen LogP contribution in [0.5, 0.6) is 0 Å². The van der Waals surface area contributed by atoms with Crippen molar-refractivity contribution in [1.29, 1.82) is 0 Å². The molecular formula is C35H68O4. The Morgan fingerprint density at radius 1 is 0.590 bits per heavy atom. The molecule has 39 heavy (non-hydrogen) atoms. The number of carbonyl (C=O) groups is 1. The van der Waals surface area contributed by atoms with Crippen molar-refractivity contribution in [1.82, 2.24) is 0 Å². The number of aliphatic hydroxyl groups excluding tert-OH is 1. The smallest absolute Gasteiger partial charge is 0.306 e. The maximum atomic E-state index is 12.1. The van der Waals surface area contributed by atoms with Crippen molar-refractivity contribution in [3.05, 3.63) is 12.2 Å². The predicted molar refractivity (Wildman–Crippen MR) is 168 cm³/mol. The van der Waals surface area contributed by atoms with E-state index in [0.29, 0.717) is 19.6 Å². The lowest BCUT2D eigenvalue weighted by Crippen LogP contribution is -2.27. The average Bonchev–Trinajstić information content (AvgIpc) is 2.94. The summed E-state index contributed by atoms with van der Waals surface area (Å²) in [5, 5.41) is 9.52. The molecule has 0 aromatic carbocycles. The number of unbranched alkanes of at least 4 members (excludes halogenated alkanes) is 22. The Labute approximate surface area is 244 Å². The highest BCUT2D eigenvalue weighted by Crippen LogP contribution is 2.14. The molecule has 0 aliphatic carbocycles. The van der Waals surface area contributed by atoms with E-state index in [1.165, 1.54) is 141 Å². The lowest BCUT2D eigenvalue weighted by molar-refractivity contribution is -0.154. The van der Waals surface area contributed by atoms with Gasteiger partial charge < -0.3 is 14.6 Å². The van der Waals surface area contributed by atoms with Crippen LogP contribution in [0.1, 0.15) is 181 Å². The fourth-order valence-electron chi connectivity index (χ4n) is 4.97. The first-order valence-corrected chi connectivity index (χ1v) is 17.3. The normalized spacial score (nSPS) is 12.4. The van der Waals surface area contributed by atoms with Crippen molar-refractivity contribution in [2.45, 2.75) is 187 Å². The summed E-state index contributed by atoms with van der Waals surface area (Å²) in [6.45, 7) is 5.33. The Morgan fingerprint density at radius 3 is 1.49 bits per heavy atom.